The van der Waals surface area contributed by atoms with Crippen LogP contribution in [0, 0.1) is 0 Å². The van der Waals surface area contributed by atoms with E-state index in [2.05, 4.69) is 17.1 Å². The molecule has 1 amide bonds. The number of fused-ring (bicyclic) bond motifs is 4. The molecular formula is C33H28N2O5. The van der Waals surface area contributed by atoms with E-state index in [-0.39, 0.29) is 19.1 Å². The van der Waals surface area contributed by atoms with Gasteiger partial charge in [0.15, 0.2) is 0 Å². The van der Waals surface area contributed by atoms with Gasteiger partial charge >= 0.3 is 12.1 Å². The molecule has 5 aromatic rings. The summed E-state index contributed by atoms with van der Waals surface area (Å²) in [6.07, 6.45) is 1.12. The Morgan fingerprint density at radius 1 is 0.850 bits per heavy atom. The number of carbonyl (C=O) groups is 2. The molecule has 200 valence electrons. The Bertz CT molecular complexity index is 1630. The van der Waals surface area contributed by atoms with Gasteiger partial charge in [0.1, 0.15) is 25.5 Å². The maximum Gasteiger partial charge on any atom is 0.410 e. The second kappa shape index (κ2) is 11.0. The lowest BCUT2D eigenvalue weighted by Crippen LogP contribution is -2.36. The lowest BCUT2D eigenvalue weighted by molar-refractivity contribution is -0.138. The fourth-order valence-electron chi connectivity index (χ4n) is 5.36. The Labute approximate surface area is 231 Å². The summed E-state index contributed by atoms with van der Waals surface area (Å²) in [6.45, 7) is 0.143. The number of nitrogens with one attached hydrogen (secondary N) is 1. The first-order chi connectivity index (χ1) is 19.6. The Morgan fingerprint density at radius 2 is 1.52 bits per heavy atom. The van der Waals surface area contributed by atoms with E-state index in [0.29, 0.717) is 12.4 Å². The maximum atomic E-state index is 13.3. The molecule has 1 aliphatic carbocycles. The van der Waals surface area contributed by atoms with E-state index in [0.717, 1.165) is 44.3 Å². The SMILES string of the molecule is O=C(O)CN(Cc1c[nH]c2ccc(OCc3ccccc3)cc12)C(=O)OCC1c2ccccc2-c2ccccc21. The molecule has 0 bridgehead atoms. The number of rotatable bonds is 9. The highest BCUT2D eigenvalue weighted by atomic mass is 16.6. The van der Waals surface area contributed by atoms with Crippen LogP contribution in [-0.4, -0.2) is 40.2 Å². The van der Waals surface area contributed by atoms with Crippen LogP contribution < -0.4 is 4.74 Å². The standard InChI is InChI=1S/C33H28N2O5/c36-32(37)19-35(33(38)40-21-30-27-12-6-4-10-25(27)26-11-5-7-13-28(26)30)18-23-17-34-31-15-14-24(16-29(23)31)39-20-22-8-2-1-3-9-22/h1-17,30,34H,18-21H2,(H,36,37). The van der Waals surface area contributed by atoms with Crippen LogP contribution in [0.5, 0.6) is 5.75 Å². The van der Waals surface area contributed by atoms with Crippen molar-refractivity contribution in [3.05, 3.63) is 126 Å². The largest absolute Gasteiger partial charge is 0.489 e. The molecule has 4 aromatic carbocycles. The molecule has 1 aliphatic rings. The van der Waals surface area contributed by atoms with Gasteiger partial charge in [0.2, 0.25) is 0 Å². The van der Waals surface area contributed by atoms with Crippen molar-refractivity contribution in [2.45, 2.75) is 19.1 Å². The molecule has 7 heteroatoms. The molecule has 1 aromatic heterocycles. The summed E-state index contributed by atoms with van der Waals surface area (Å²) in [7, 11) is 0. The quantitative estimate of drug-likeness (QED) is 0.224. The first kappa shape index (κ1) is 25.2. The van der Waals surface area contributed by atoms with Gasteiger partial charge in [0, 0.05) is 23.0 Å². The van der Waals surface area contributed by atoms with E-state index in [9.17, 15) is 14.7 Å². The lowest BCUT2D eigenvalue weighted by Gasteiger charge is -2.22. The number of carboxylic acid groups (broad SMARTS) is 1. The summed E-state index contributed by atoms with van der Waals surface area (Å²) in [5.74, 6) is -0.538. The molecule has 0 atom stereocenters. The second-order valence-corrected chi connectivity index (χ2v) is 9.85. The molecule has 0 spiro atoms. The highest BCUT2D eigenvalue weighted by molar-refractivity contribution is 5.85. The van der Waals surface area contributed by atoms with E-state index < -0.39 is 18.6 Å². The third-order valence-corrected chi connectivity index (χ3v) is 7.27. The number of amides is 1. The molecule has 0 radical (unpaired) electrons. The molecule has 2 N–H and O–H groups in total. The second-order valence-electron chi connectivity index (χ2n) is 9.85. The van der Waals surface area contributed by atoms with Crippen LogP contribution >= 0.6 is 0 Å². The summed E-state index contributed by atoms with van der Waals surface area (Å²) in [6, 6.07) is 31.8. The number of aromatic nitrogens is 1. The van der Waals surface area contributed by atoms with E-state index in [4.69, 9.17) is 9.47 Å². The van der Waals surface area contributed by atoms with Crippen LogP contribution in [0.2, 0.25) is 0 Å². The molecule has 0 unspecified atom stereocenters. The number of H-pyrrole nitrogens is 1. The number of benzene rings is 4. The van der Waals surface area contributed by atoms with Gasteiger partial charge in [0.25, 0.3) is 0 Å². The van der Waals surface area contributed by atoms with Gasteiger partial charge in [-0.1, -0.05) is 78.9 Å². The smallest absolute Gasteiger partial charge is 0.410 e. The van der Waals surface area contributed by atoms with Crippen molar-refractivity contribution in [3.63, 3.8) is 0 Å². The van der Waals surface area contributed by atoms with Crippen molar-refractivity contribution >= 4 is 23.0 Å². The summed E-state index contributed by atoms with van der Waals surface area (Å²) >= 11 is 0. The Hall–Kier alpha value is -5.04. The van der Waals surface area contributed by atoms with Gasteiger partial charge in [0.05, 0.1) is 6.54 Å². The van der Waals surface area contributed by atoms with Gasteiger partial charge in [-0.05, 0) is 51.6 Å². The summed E-state index contributed by atoms with van der Waals surface area (Å²) in [4.78, 5) is 29.4. The van der Waals surface area contributed by atoms with Crippen molar-refractivity contribution in [3.8, 4) is 16.9 Å². The van der Waals surface area contributed by atoms with Crippen molar-refractivity contribution in [1.29, 1.82) is 0 Å². The molecule has 7 nitrogen and oxygen atoms in total. The van der Waals surface area contributed by atoms with E-state index in [1.165, 1.54) is 4.90 Å². The fourth-order valence-corrected chi connectivity index (χ4v) is 5.36. The summed E-state index contributed by atoms with van der Waals surface area (Å²) in [5.41, 5.74) is 7.15. The Morgan fingerprint density at radius 3 is 2.23 bits per heavy atom. The van der Waals surface area contributed by atoms with Gasteiger partial charge in [-0.25, -0.2) is 4.79 Å². The average Bonchev–Trinajstić information content (AvgIpc) is 3.53. The zero-order chi connectivity index (χ0) is 27.5. The van der Waals surface area contributed by atoms with Gasteiger partial charge < -0.3 is 19.6 Å². The van der Waals surface area contributed by atoms with Gasteiger partial charge in [-0.2, -0.15) is 0 Å². The highest BCUT2D eigenvalue weighted by Crippen LogP contribution is 2.44. The van der Waals surface area contributed by atoms with E-state index in [1.54, 1.807) is 6.20 Å². The minimum Gasteiger partial charge on any atom is -0.489 e. The number of nitrogens with zero attached hydrogens (tertiary/aromatic N) is 1. The van der Waals surface area contributed by atoms with Crippen LogP contribution in [0.3, 0.4) is 0 Å². The monoisotopic (exact) mass is 532 g/mol. The number of hydrogen-bond acceptors (Lipinski definition) is 4. The minimum absolute atomic E-state index is 0.0745. The molecule has 0 saturated heterocycles. The molecule has 1 heterocycles. The minimum atomic E-state index is -1.11. The van der Waals surface area contributed by atoms with E-state index >= 15 is 0 Å². The molecule has 0 saturated carbocycles. The molecular weight excluding hydrogens is 504 g/mol. The first-order valence-corrected chi connectivity index (χ1v) is 13.2. The van der Waals surface area contributed by atoms with Crippen LogP contribution in [0.15, 0.2) is 103 Å². The molecule has 0 fully saturated rings. The number of aromatic amines is 1. The van der Waals surface area contributed by atoms with Crippen LogP contribution in [0.4, 0.5) is 4.79 Å². The topological polar surface area (TPSA) is 91.9 Å². The predicted molar refractivity (Wildman–Crippen MR) is 152 cm³/mol. The van der Waals surface area contributed by atoms with Gasteiger partial charge in [-0.15, -0.1) is 0 Å². The first-order valence-electron chi connectivity index (χ1n) is 13.2. The number of ether oxygens (including phenoxy) is 2. The zero-order valence-corrected chi connectivity index (χ0v) is 21.7. The molecule has 0 aliphatic heterocycles. The van der Waals surface area contributed by atoms with Crippen molar-refractivity contribution in [1.82, 2.24) is 9.88 Å². The number of carbonyl (C=O) groups excluding carboxylic acids is 1. The Kier molecular flexibility index (Phi) is 6.93. The Balaban J connectivity index is 1.18. The number of aliphatic carboxylic acids is 1. The third kappa shape index (κ3) is 5.14. The van der Waals surface area contributed by atoms with E-state index in [1.807, 2.05) is 84.9 Å². The van der Waals surface area contributed by atoms with Crippen LogP contribution in [0.1, 0.15) is 28.2 Å². The predicted octanol–water partition coefficient (Wildman–Crippen LogP) is 6.58. The summed E-state index contributed by atoms with van der Waals surface area (Å²) < 4.78 is 11.7. The summed E-state index contributed by atoms with van der Waals surface area (Å²) in [5, 5.41) is 10.4. The van der Waals surface area contributed by atoms with Crippen molar-refractivity contribution < 1.29 is 24.2 Å². The van der Waals surface area contributed by atoms with Gasteiger partial charge in [-0.3, -0.25) is 9.69 Å². The van der Waals surface area contributed by atoms with Crippen molar-refractivity contribution in [2.75, 3.05) is 13.2 Å². The fraction of sp³-hybridized carbons (Fsp3) is 0.152. The average molecular weight is 533 g/mol. The number of carboxylic acids is 1. The van der Waals surface area contributed by atoms with Crippen molar-refractivity contribution in [2.24, 2.45) is 0 Å². The number of hydrogen-bond donors (Lipinski definition) is 2. The zero-order valence-electron chi connectivity index (χ0n) is 21.7. The molecule has 6 rings (SSSR count). The molecule has 40 heavy (non-hydrogen) atoms. The normalized spacial score (nSPS) is 12.1. The lowest BCUT2D eigenvalue weighted by atomic mass is 9.98. The van der Waals surface area contributed by atoms with Crippen LogP contribution in [-0.2, 0) is 22.7 Å². The highest BCUT2D eigenvalue weighted by Gasteiger charge is 2.30. The third-order valence-electron chi connectivity index (χ3n) is 7.27. The van der Waals surface area contributed by atoms with Crippen LogP contribution in [0.25, 0.3) is 22.0 Å². The maximum absolute atomic E-state index is 13.3.